The molecule has 0 aliphatic carbocycles. The number of fused-ring (bicyclic) bond motifs is 3. The van der Waals surface area contributed by atoms with Crippen molar-refractivity contribution < 1.29 is 14.7 Å². The Kier molecular flexibility index (Phi) is 5.67. The van der Waals surface area contributed by atoms with Crippen molar-refractivity contribution in [3.63, 3.8) is 0 Å². The summed E-state index contributed by atoms with van der Waals surface area (Å²) < 4.78 is 1.46. The maximum Gasteiger partial charge on any atom is 0.270 e. The third-order valence-corrected chi connectivity index (χ3v) is 7.06. The largest absolute Gasteiger partial charge is 0.494 e. The van der Waals surface area contributed by atoms with E-state index >= 15 is 0 Å². The Morgan fingerprint density at radius 1 is 0.872 bits per heavy atom. The molecule has 0 saturated carbocycles. The molecule has 5 aromatic rings. The van der Waals surface area contributed by atoms with E-state index in [0.29, 0.717) is 28.0 Å². The molecule has 1 fully saturated rings. The highest BCUT2D eigenvalue weighted by Gasteiger charge is 2.41. The second-order valence-corrected chi connectivity index (χ2v) is 9.27. The summed E-state index contributed by atoms with van der Waals surface area (Å²) in [6.45, 7) is 1.65. The zero-order valence-corrected chi connectivity index (χ0v) is 21.4. The van der Waals surface area contributed by atoms with Crippen molar-refractivity contribution in [3.8, 4) is 11.9 Å². The number of aromatic nitrogens is 2. The van der Waals surface area contributed by atoms with Gasteiger partial charge in [0.1, 0.15) is 11.6 Å². The van der Waals surface area contributed by atoms with Crippen LogP contribution < -0.4 is 9.80 Å². The molecule has 6 rings (SSSR count). The Balaban J connectivity index is 1.62. The molecule has 0 bridgehead atoms. The van der Waals surface area contributed by atoms with Crippen molar-refractivity contribution in [2.24, 2.45) is 0 Å². The summed E-state index contributed by atoms with van der Waals surface area (Å²) in [4.78, 5) is 34.9. The molecular formula is C30H19N5O3S. The van der Waals surface area contributed by atoms with E-state index in [0.717, 1.165) is 0 Å². The first-order chi connectivity index (χ1) is 18.9. The summed E-state index contributed by atoms with van der Waals surface area (Å²) in [6, 6.07) is 26.9. The number of anilines is 2. The predicted octanol–water partition coefficient (Wildman–Crippen LogP) is 5.12. The van der Waals surface area contributed by atoms with Crippen LogP contribution in [0, 0.1) is 18.3 Å². The molecule has 3 heterocycles. The molecule has 2 amide bonds. The number of pyridine rings is 1. The Morgan fingerprint density at radius 2 is 1.41 bits per heavy atom. The number of imidazole rings is 1. The first-order valence-corrected chi connectivity index (χ1v) is 12.4. The number of carbonyl (C=O) groups is 2. The third-order valence-electron chi connectivity index (χ3n) is 6.69. The fourth-order valence-corrected chi connectivity index (χ4v) is 5.17. The minimum atomic E-state index is -0.642. The summed E-state index contributed by atoms with van der Waals surface area (Å²) in [5.74, 6) is -1.53. The average molecular weight is 530 g/mol. The number of nitriles is 1. The Labute approximate surface area is 228 Å². The standard InChI is InChI=1S/C30H19N5O3S/c1-18-21(27(36)35-25-15-9-8-14-24(25)32-26(35)23(18)17-31)16-22-28(37)33(19-10-4-2-5-11-19)30(39)34(29(22)38)20-12-6-3-7-13-20/h2-16,36H,1H3. The van der Waals surface area contributed by atoms with Gasteiger partial charge in [0.15, 0.2) is 10.8 Å². The van der Waals surface area contributed by atoms with Gasteiger partial charge in [0.25, 0.3) is 11.8 Å². The average Bonchev–Trinajstić information content (AvgIpc) is 3.33. The topological polar surface area (TPSA) is 102 Å². The number of aromatic hydroxyl groups is 1. The number of benzene rings is 3. The van der Waals surface area contributed by atoms with Gasteiger partial charge in [0.05, 0.1) is 28.0 Å². The normalized spacial score (nSPS) is 13.8. The van der Waals surface area contributed by atoms with Crippen molar-refractivity contribution in [3.05, 3.63) is 107 Å². The summed E-state index contributed by atoms with van der Waals surface area (Å²) >= 11 is 5.66. The van der Waals surface area contributed by atoms with Crippen LogP contribution in [0.3, 0.4) is 0 Å². The lowest BCUT2D eigenvalue weighted by atomic mass is 10.00. The summed E-state index contributed by atoms with van der Waals surface area (Å²) in [7, 11) is 0. The molecule has 0 radical (unpaired) electrons. The van der Waals surface area contributed by atoms with E-state index in [1.165, 1.54) is 20.3 Å². The van der Waals surface area contributed by atoms with Crippen LogP contribution in [-0.4, -0.2) is 31.4 Å². The molecule has 8 nitrogen and oxygen atoms in total. The molecular weight excluding hydrogens is 510 g/mol. The van der Waals surface area contributed by atoms with Gasteiger partial charge in [-0.25, -0.2) is 4.98 Å². The van der Waals surface area contributed by atoms with Gasteiger partial charge in [-0.1, -0.05) is 48.5 Å². The SMILES string of the molecule is Cc1c(C=C2C(=O)N(c3ccccc3)C(=S)N(c3ccccc3)C2=O)c(O)n2c(nc3ccccc32)c1C#N. The van der Waals surface area contributed by atoms with Crippen LogP contribution in [0.1, 0.15) is 16.7 Å². The van der Waals surface area contributed by atoms with Crippen LogP contribution in [0.2, 0.25) is 0 Å². The van der Waals surface area contributed by atoms with Crippen LogP contribution >= 0.6 is 12.2 Å². The second-order valence-electron chi connectivity index (χ2n) is 8.90. The Bertz CT molecular complexity index is 1840. The molecule has 3 aromatic carbocycles. The van der Waals surface area contributed by atoms with E-state index in [4.69, 9.17) is 12.2 Å². The van der Waals surface area contributed by atoms with Gasteiger partial charge in [0.2, 0.25) is 5.88 Å². The van der Waals surface area contributed by atoms with Gasteiger partial charge >= 0.3 is 0 Å². The van der Waals surface area contributed by atoms with Crippen molar-refractivity contribution in [2.75, 3.05) is 9.80 Å². The molecule has 188 valence electrons. The molecule has 39 heavy (non-hydrogen) atoms. The van der Waals surface area contributed by atoms with Gasteiger partial charge < -0.3 is 5.11 Å². The quantitative estimate of drug-likeness (QED) is 0.198. The van der Waals surface area contributed by atoms with E-state index in [1.807, 2.05) is 18.2 Å². The zero-order valence-electron chi connectivity index (χ0n) is 20.6. The minimum Gasteiger partial charge on any atom is -0.494 e. The lowest BCUT2D eigenvalue weighted by Crippen LogP contribution is -2.56. The lowest BCUT2D eigenvalue weighted by Gasteiger charge is -2.36. The third kappa shape index (κ3) is 3.66. The fraction of sp³-hybridized carbons (Fsp3) is 0.0333. The molecule has 1 saturated heterocycles. The van der Waals surface area contributed by atoms with Crippen molar-refractivity contribution >= 4 is 63.3 Å². The second kappa shape index (κ2) is 9.20. The summed E-state index contributed by atoms with van der Waals surface area (Å²) in [6.07, 6.45) is 1.33. The first kappa shape index (κ1) is 24.0. The molecule has 1 aliphatic rings. The lowest BCUT2D eigenvalue weighted by molar-refractivity contribution is -0.120. The van der Waals surface area contributed by atoms with E-state index in [-0.39, 0.29) is 33.3 Å². The van der Waals surface area contributed by atoms with Crippen LogP contribution in [0.4, 0.5) is 11.4 Å². The number of hydrogen-bond acceptors (Lipinski definition) is 6. The van der Waals surface area contributed by atoms with Crippen LogP contribution in [0.25, 0.3) is 22.8 Å². The monoisotopic (exact) mass is 529 g/mol. The predicted molar refractivity (Wildman–Crippen MR) is 152 cm³/mol. The van der Waals surface area contributed by atoms with Gasteiger partial charge in [-0.3, -0.25) is 23.8 Å². The van der Waals surface area contributed by atoms with Gasteiger partial charge in [-0.2, -0.15) is 5.26 Å². The number of thiocarbonyl (C=S) groups is 1. The molecule has 2 aromatic heterocycles. The number of nitrogens with zero attached hydrogens (tertiary/aromatic N) is 5. The Morgan fingerprint density at radius 3 is 1.97 bits per heavy atom. The van der Waals surface area contributed by atoms with Crippen molar-refractivity contribution in [1.82, 2.24) is 9.38 Å². The molecule has 0 atom stereocenters. The number of rotatable bonds is 3. The van der Waals surface area contributed by atoms with Crippen LogP contribution in [0.15, 0.2) is 90.5 Å². The smallest absolute Gasteiger partial charge is 0.270 e. The highest BCUT2D eigenvalue weighted by atomic mass is 32.1. The van der Waals surface area contributed by atoms with E-state index in [9.17, 15) is 20.0 Å². The number of amides is 2. The van der Waals surface area contributed by atoms with Gasteiger partial charge in [-0.05, 0) is 67.2 Å². The molecule has 9 heteroatoms. The van der Waals surface area contributed by atoms with Crippen LogP contribution in [-0.2, 0) is 9.59 Å². The van der Waals surface area contributed by atoms with Gasteiger partial charge in [-0.15, -0.1) is 0 Å². The molecule has 1 N–H and O–H groups in total. The minimum absolute atomic E-state index is 0.00858. The fourth-order valence-electron chi connectivity index (χ4n) is 4.79. The number of para-hydroxylation sites is 4. The zero-order chi connectivity index (χ0) is 27.3. The first-order valence-electron chi connectivity index (χ1n) is 12.0. The van der Waals surface area contributed by atoms with Gasteiger partial charge in [0, 0.05) is 5.56 Å². The van der Waals surface area contributed by atoms with E-state index in [2.05, 4.69) is 11.1 Å². The number of hydrogen-bond donors (Lipinski definition) is 1. The summed E-state index contributed by atoms with van der Waals surface area (Å²) in [5.41, 5.74) is 2.99. The molecule has 1 aliphatic heterocycles. The van der Waals surface area contributed by atoms with Crippen LogP contribution in [0.5, 0.6) is 5.88 Å². The maximum absolute atomic E-state index is 13.9. The van der Waals surface area contributed by atoms with Crippen molar-refractivity contribution in [2.45, 2.75) is 6.92 Å². The maximum atomic E-state index is 13.9. The molecule has 0 unspecified atom stereocenters. The number of carbonyl (C=O) groups excluding carboxylic acids is 2. The Hall–Kier alpha value is -5.33. The highest BCUT2D eigenvalue weighted by Crippen LogP contribution is 2.35. The van der Waals surface area contributed by atoms with E-state index < -0.39 is 11.8 Å². The van der Waals surface area contributed by atoms with E-state index in [1.54, 1.807) is 73.7 Å². The highest BCUT2D eigenvalue weighted by molar-refractivity contribution is 7.81. The molecule has 0 spiro atoms. The van der Waals surface area contributed by atoms with Crippen molar-refractivity contribution in [1.29, 1.82) is 5.26 Å². The summed E-state index contributed by atoms with van der Waals surface area (Å²) in [5, 5.41) is 21.5.